The third-order valence-corrected chi connectivity index (χ3v) is 3.93. The van der Waals surface area contributed by atoms with E-state index < -0.39 is 12.0 Å². The van der Waals surface area contributed by atoms with Crippen LogP contribution in [0.4, 0.5) is 0 Å². The minimum atomic E-state index is -0.909. The second-order valence-electron chi connectivity index (χ2n) is 4.35. The number of likely N-dealkylation sites (tertiary alicyclic amines) is 1. The molecular formula is C13H14BrNO3. The van der Waals surface area contributed by atoms with Gasteiger partial charge in [0.15, 0.2) is 0 Å². The maximum absolute atomic E-state index is 12.1. The fourth-order valence-corrected chi connectivity index (χ4v) is 2.65. The van der Waals surface area contributed by atoms with Gasteiger partial charge in [0.25, 0.3) is 0 Å². The van der Waals surface area contributed by atoms with Crippen LogP contribution in [0.2, 0.25) is 0 Å². The van der Waals surface area contributed by atoms with Crippen molar-refractivity contribution < 1.29 is 14.7 Å². The third kappa shape index (κ3) is 2.72. The molecule has 0 saturated carbocycles. The molecule has 0 bridgehead atoms. The van der Waals surface area contributed by atoms with Crippen molar-refractivity contribution >= 4 is 27.8 Å². The lowest BCUT2D eigenvalue weighted by Crippen LogP contribution is -2.41. The van der Waals surface area contributed by atoms with Gasteiger partial charge >= 0.3 is 5.97 Å². The highest BCUT2D eigenvalue weighted by molar-refractivity contribution is 9.10. The smallest absolute Gasteiger partial charge is 0.326 e. The fraction of sp³-hybridized carbons (Fsp3) is 0.385. The van der Waals surface area contributed by atoms with Crippen molar-refractivity contribution in [2.45, 2.75) is 25.3 Å². The molecular weight excluding hydrogens is 298 g/mol. The molecule has 0 spiro atoms. The fourth-order valence-electron chi connectivity index (χ4n) is 2.23. The van der Waals surface area contributed by atoms with Crippen LogP contribution in [0.3, 0.4) is 0 Å². The Hall–Kier alpha value is -1.36. The molecule has 1 saturated heterocycles. The molecule has 5 heteroatoms. The Morgan fingerprint density at radius 1 is 1.39 bits per heavy atom. The first kappa shape index (κ1) is 13.1. The second kappa shape index (κ2) is 5.52. The van der Waals surface area contributed by atoms with E-state index in [1.165, 1.54) is 4.90 Å². The summed E-state index contributed by atoms with van der Waals surface area (Å²) in [6.45, 7) is 0.542. The molecule has 18 heavy (non-hydrogen) atoms. The lowest BCUT2D eigenvalue weighted by molar-refractivity contribution is -0.148. The van der Waals surface area contributed by atoms with Gasteiger partial charge in [-0.25, -0.2) is 4.79 Å². The average molecular weight is 312 g/mol. The predicted molar refractivity (Wildman–Crippen MR) is 70.2 cm³/mol. The standard InChI is InChI=1S/C13H14BrNO3/c14-10-5-2-1-4-9(10)8-12(16)15-7-3-6-11(15)13(17)18/h1-2,4-5,11H,3,6-8H2,(H,17,18). The van der Waals surface area contributed by atoms with E-state index in [-0.39, 0.29) is 12.3 Å². The highest BCUT2D eigenvalue weighted by Gasteiger charge is 2.33. The van der Waals surface area contributed by atoms with E-state index in [1.807, 2.05) is 24.3 Å². The summed E-state index contributed by atoms with van der Waals surface area (Å²) in [6.07, 6.45) is 1.56. The van der Waals surface area contributed by atoms with Crippen molar-refractivity contribution in [3.8, 4) is 0 Å². The number of benzene rings is 1. The van der Waals surface area contributed by atoms with Gasteiger partial charge in [0.2, 0.25) is 5.91 Å². The largest absolute Gasteiger partial charge is 0.480 e. The molecule has 1 atom stereocenters. The normalized spacial score (nSPS) is 18.9. The predicted octanol–water partition coefficient (Wildman–Crippen LogP) is 2.07. The molecule has 4 nitrogen and oxygen atoms in total. The van der Waals surface area contributed by atoms with Crippen LogP contribution in [-0.4, -0.2) is 34.5 Å². The second-order valence-corrected chi connectivity index (χ2v) is 5.21. The molecule has 1 aliphatic rings. The van der Waals surface area contributed by atoms with Crippen LogP contribution in [0.15, 0.2) is 28.7 Å². The van der Waals surface area contributed by atoms with Gasteiger partial charge in [-0.2, -0.15) is 0 Å². The van der Waals surface area contributed by atoms with Gasteiger partial charge in [-0.05, 0) is 24.5 Å². The first-order valence-electron chi connectivity index (χ1n) is 5.85. The Morgan fingerprint density at radius 3 is 2.78 bits per heavy atom. The van der Waals surface area contributed by atoms with E-state index >= 15 is 0 Å². The summed E-state index contributed by atoms with van der Waals surface area (Å²) >= 11 is 3.39. The number of rotatable bonds is 3. The Labute approximate surface area is 114 Å². The minimum Gasteiger partial charge on any atom is -0.480 e. The van der Waals surface area contributed by atoms with Crippen molar-refractivity contribution in [1.82, 2.24) is 4.90 Å². The Bertz CT molecular complexity index is 475. The molecule has 0 aliphatic carbocycles. The maximum Gasteiger partial charge on any atom is 0.326 e. The van der Waals surface area contributed by atoms with Crippen LogP contribution in [0.5, 0.6) is 0 Å². The summed E-state index contributed by atoms with van der Waals surface area (Å²) in [5, 5.41) is 9.05. The van der Waals surface area contributed by atoms with E-state index in [9.17, 15) is 9.59 Å². The molecule has 1 amide bonds. The lowest BCUT2D eigenvalue weighted by atomic mass is 10.1. The van der Waals surface area contributed by atoms with Gasteiger partial charge in [-0.3, -0.25) is 4.79 Å². The SMILES string of the molecule is O=C(O)C1CCCN1C(=O)Cc1ccccc1Br. The van der Waals surface area contributed by atoms with E-state index in [2.05, 4.69) is 15.9 Å². The number of carbonyl (C=O) groups is 2. The van der Waals surface area contributed by atoms with E-state index in [4.69, 9.17) is 5.11 Å². The Kier molecular flexibility index (Phi) is 4.01. The van der Waals surface area contributed by atoms with Gasteiger partial charge in [0.05, 0.1) is 6.42 Å². The summed E-state index contributed by atoms with van der Waals surface area (Å²) < 4.78 is 0.879. The number of nitrogens with zero attached hydrogens (tertiary/aromatic N) is 1. The Morgan fingerprint density at radius 2 is 2.11 bits per heavy atom. The van der Waals surface area contributed by atoms with E-state index in [0.717, 1.165) is 16.5 Å². The molecule has 1 N–H and O–H groups in total. The Balaban J connectivity index is 2.08. The molecule has 1 aromatic rings. The molecule has 0 aromatic heterocycles. The lowest BCUT2D eigenvalue weighted by Gasteiger charge is -2.21. The van der Waals surface area contributed by atoms with Crippen LogP contribution in [-0.2, 0) is 16.0 Å². The number of amides is 1. The molecule has 1 fully saturated rings. The van der Waals surface area contributed by atoms with E-state index in [1.54, 1.807) is 0 Å². The van der Waals surface area contributed by atoms with Crippen molar-refractivity contribution in [2.24, 2.45) is 0 Å². The number of aliphatic carboxylic acids is 1. The quantitative estimate of drug-likeness (QED) is 0.929. The third-order valence-electron chi connectivity index (χ3n) is 3.16. The summed E-state index contributed by atoms with van der Waals surface area (Å²) in [6, 6.07) is 6.84. The summed E-state index contributed by atoms with van der Waals surface area (Å²) in [4.78, 5) is 24.6. The molecule has 1 heterocycles. The number of carbonyl (C=O) groups excluding carboxylic acids is 1. The highest BCUT2D eigenvalue weighted by atomic mass is 79.9. The number of halogens is 1. The first-order chi connectivity index (χ1) is 8.59. The molecule has 1 unspecified atom stereocenters. The zero-order valence-electron chi connectivity index (χ0n) is 9.80. The van der Waals surface area contributed by atoms with Crippen molar-refractivity contribution in [2.75, 3.05) is 6.54 Å². The van der Waals surface area contributed by atoms with Gasteiger partial charge in [0.1, 0.15) is 6.04 Å². The molecule has 2 rings (SSSR count). The zero-order valence-corrected chi connectivity index (χ0v) is 11.4. The monoisotopic (exact) mass is 311 g/mol. The van der Waals surface area contributed by atoms with E-state index in [0.29, 0.717) is 13.0 Å². The van der Waals surface area contributed by atoms with Crippen molar-refractivity contribution in [1.29, 1.82) is 0 Å². The van der Waals surface area contributed by atoms with Crippen molar-refractivity contribution in [3.63, 3.8) is 0 Å². The zero-order chi connectivity index (χ0) is 13.1. The van der Waals surface area contributed by atoms with Crippen LogP contribution in [0, 0.1) is 0 Å². The van der Waals surface area contributed by atoms with Gasteiger partial charge in [-0.1, -0.05) is 34.1 Å². The molecule has 96 valence electrons. The van der Waals surface area contributed by atoms with Gasteiger partial charge in [0, 0.05) is 11.0 Å². The highest BCUT2D eigenvalue weighted by Crippen LogP contribution is 2.21. The van der Waals surface area contributed by atoms with Crippen molar-refractivity contribution in [3.05, 3.63) is 34.3 Å². The number of hydrogen-bond donors (Lipinski definition) is 1. The van der Waals surface area contributed by atoms with Crippen LogP contribution in [0.1, 0.15) is 18.4 Å². The molecule has 0 radical (unpaired) electrons. The van der Waals surface area contributed by atoms with Crippen LogP contribution >= 0.6 is 15.9 Å². The molecule has 1 aromatic carbocycles. The maximum atomic E-state index is 12.1. The van der Waals surface area contributed by atoms with Gasteiger partial charge in [-0.15, -0.1) is 0 Å². The van der Waals surface area contributed by atoms with Crippen LogP contribution < -0.4 is 0 Å². The summed E-state index contributed by atoms with van der Waals surface area (Å²) in [7, 11) is 0. The number of hydrogen-bond acceptors (Lipinski definition) is 2. The summed E-state index contributed by atoms with van der Waals surface area (Å²) in [5.74, 6) is -1.03. The number of carboxylic acids is 1. The topological polar surface area (TPSA) is 57.6 Å². The first-order valence-corrected chi connectivity index (χ1v) is 6.64. The summed E-state index contributed by atoms with van der Waals surface area (Å²) in [5.41, 5.74) is 0.888. The minimum absolute atomic E-state index is 0.119. The van der Waals surface area contributed by atoms with Crippen LogP contribution in [0.25, 0.3) is 0 Å². The molecule has 1 aliphatic heterocycles. The average Bonchev–Trinajstić information content (AvgIpc) is 2.81. The van der Waals surface area contributed by atoms with Gasteiger partial charge < -0.3 is 10.0 Å². The number of carboxylic acid groups (broad SMARTS) is 1.